The second-order valence-corrected chi connectivity index (χ2v) is 5.45. The lowest BCUT2D eigenvalue weighted by molar-refractivity contribution is -0.385. The summed E-state index contributed by atoms with van der Waals surface area (Å²) in [4.78, 5) is 34.2. The zero-order valence-corrected chi connectivity index (χ0v) is 14.8. The third-order valence-electron chi connectivity index (χ3n) is 3.42. The van der Waals surface area contributed by atoms with Gasteiger partial charge in [-0.2, -0.15) is 0 Å². The molecule has 0 saturated heterocycles. The van der Waals surface area contributed by atoms with Gasteiger partial charge < -0.3 is 20.1 Å². The molecule has 0 aliphatic carbocycles. The molecule has 0 atom stereocenters. The Morgan fingerprint density at radius 3 is 2.34 bits per heavy atom. The van der Waals surface area contributed by atoms with Gasteiger partial charge in [-0.25, -0.2) is 0 Å². The quantitative estimate of drug-likeness (QED) is 0.532. The molecule has 2 aromatic carbocycles. The number of nitro benzene ring substituents is 1. The Bertz CT molecular complexity index is 916. The Labute approximate surface area is 161 Å². The SMILES string of the molecule is COc1ccc(C(=O)NCC(=O)Nc2ccc(OC(F)(F)F)cc2)cc1[N+](=O)[O-]. The highest BCUT2D eigenvalue weighted by atomic mass is 19.4. The van der Waals surface area contributed by atoms with Crippen molar-refractivity contribution in [1.29, 1.82) is 0 Å². The maximum Gasteiger partial charge on any atom is 0.573 e. The number of carbonyl (C=O) groups is 2. The third-order valence-corrected chi connectivity index (χ3v) is 3.42. The highest BCUT2D eigenvalue weighted by molar-refractivity contribution is 5.99. The minimum atomic E-state index is -4.83. The van der Waals surface area contributed by atoms with Crippen molar-refractivity contribution in [1.82, 2.24) is 5.32 Å². The van der Waals surface area contributed by atoms with E-state index in [1.54, 1.807) is 0 Å². The van der Waals surface area contributed by atoms with Crippen LogP contribution in [0.3, 0.4) is 0 Å². The third kappa shape index (κ3) is 6.37. The summed E-state index contributed by atoms with van der Waals surface area (Å²) in [6, 6.07) is 7.94. The molecule has 0 unspecified atom stereocenters. The summed E-state index contributed by atoms with van der Waals surface area (Å²) in [5, 5.41) is 15.6. The van der Waals surface area contributed by atoms with E-state index in [9.17, 15) is 32.9 Å². The summed E-state index contributed by atoms with van der Waals surface area (Å²) in [6.07, 6.45) is -4.83. The molecule has 0 aromatic heterocycles. The van der Waals surface area contributed by atoms with Crippen molar-refractivity contribution in [2.45, 2.75) is 6.36 Å². The number of hydrogen-bond donors (Lipinski definition) is 2. The van der Waals surface area contributed by atoms with Gasteiger partial charge in [-0.3, -0.25) is 19.7 Å². The molecule has 0 fully saturated rings. The largest absolute Gasteiger partial charge is 0.573 e. The summed E-state index contributed by atoms with van der Waals surface area (Å²) in [5.74, 6) is -1.88. The van der Waals surface area contributed by atoms with Crippen LogP contribution in [0, 0.1) is 10.1 Å². The molecule has 2 amide bonds. The standard InChI is InChI=1S/C17H14F3N3O6/c1-28-14-7-2-10(8-13(14)23(26)27)16(25)21-9-15(24)22-11-3-5-12(6-4-11)29-17(18,19)20/h2-8H,9H2,1H3,(H,21,25)(H,22,24). The van der Waals surface area contributed by atoms with Crippen molar-refractivity contribution >= 4 is 23.2 Å². The van der Waals surface area contributed by atoms with Crippen LogP contribution in [0.1, 0.15) is 10.4 Å². The smallest absolute Gasteiger partial charge is 0.490 e. The van der Waals surface area contributed by atoms with Crippen molar-refractivity contribution in [3.05, 3.63) is 58.1 Å². The molecule has 0 heterocycles. The topological polar surface area (TPSA) is 120 Å². The number of alkyl halides is 3. The van der Waals surface area contributed by atoms with Crippen LogP contribution >= 0.6 is 0 Å². The summed E-state index contributed by atoms with van der Waals surface area (Å²) in [7, 11) is 1.24. The minimum absolute atomic E-state index is 0.0257. The summed E-state index contributed by atoms with van der Waals surface area (Å²) < 4.78 is 44.8. The van der Waals surface area contributed by atoms with Gasteiger partial charge in [0.15, 0.2) is 5.75 Å². The predicted molar refractivity (Wildman–Crippen MR) is 93.7 cm³/mol. The van der Waals surface area contributed by atoms with Crippen LogP contribution < -0.4 is 20.1 Å². The van der Waals surface area contributed by atoms with Gasteiger partial charge in [0.05, 0.1) is 18.6 Å². The number of methoxy groups -OCH3 is 1. The first kappa shape index (κ1) is 21.5. The van der Waals surface area contributed by atoms with Gasteiger partial charge in [-0.15, -0.1) is 13.2 Å². The van der Waals surface area contributed by atoms with Gasteiger partial charge in [-0.05, 0) is 36.4 Å². The van der Waals surface area contributed by atoms with Crippen LogP contribution in [0.25, 0.3) is 0 Å². The Morgan fingerprint density at radius 2 is 1.79 bits per heavy atom. The van der Waals surface area contributed by atoms with Gasteiger partial charge in [0, 0.05) is 17.3 Å². The number of hydrogen-bond acceptors (Lipinski definition) is 6. The van der Waals surface area contributed by atoms with E-state index in [2.05, 4.69) is 15.4 Å². The first-order valence-electron chi connectivity index (χ1n) is 7.85. The number of nitro groups is 1. The van der Waals surface area contributed by atoms with Gasteiger partial charge in [0.25, 0.3) is 5.91 Å². The van der Waals surface area contributed by atoms with Crippen LogP contribution in [0.4, 0.5) is 24.5 Å². The molecule has 12 heteroatoms. The lowest BCUT2D eigenvalue weighted by atomic mass is 10.1. The van der Waals surface area contributed by atoms with Gasteiger partial charge in [0.1, 0.15) is 5.75 Å². The number of benzene rings is 2. The zero-order valence-electron chi connectivity index (χ0n) is 14.8. The number of carbonyl (C=O) groups excluding carboxylic acids is 2. The van der Waals surface area contributed by atoms with Crippen molar-refractivity contribution in [3.63, 3.8) is 0 Å². The van der Waals surface area contributed by atoms with E-state index in [4.69, 9.17) is 4.74 Å². The van der Waals surface area contributed by atoms with E-state index >= 15 is 0 Å². The van der Waals surface area contributed by atoms with Gasteiger partial charge >= 0.3 is 12.0 Å². The van der Waals surface area contributed by atoms with E-state index in [1.165, 1.54) is 31.4 Å². The van der Waals surface area contributed by atoms with Gasteiger partial charge in [-0.1, -0.05) is 0 Å². The fourth-order valence-corrected chi connectivity index (χ4v) is 2.18. The predicted octanol–water partition coefficient (Wildman–Crippen LogP) is 2.87. The molecule has 0 aliphatic heterocycles. The van der Waals surface area contributed by atoms with E-state index < -0.39 is 41.1 Å². The van der Waals surface area contributed by atoms with E-state index in [0.29, 0.717) is 0 Å². The molecule has 0 aliphatic rings. The van der Waals surface area contributed by atoms with Crippen LogP contribution in [-0.2, 0) is 4.79 Å². The average molecular weight is 413 g/mol. The molecule has 2 N–H and O–H groups in total. The Morgan fingerprint density at radius 1 is 1.14 bits per heavy atom. The second kappa shape index (κ2) is 8.91. The molecule has 0 spiro atoms. The number of halogens is 3. The van der Waals surface area contributed by atoms with Crippen molar-refractivity contribution in [2.24, 2.45) is 0 Å². The van der Waals surface area contributed by atoms with Crippen molar-refractivity contribution in [3.8, 4) is 11.5 Å². The highest BCUT2D eigenvalue weighted by Crippen LogP contribution is 2.27. The van der Waals surface area contributed by atoms with Gasteiger partial charge in [0.2, 0.25) is 5.91 Å². The molecule has 0 bridgehead atoms. The zero-order chi connectivity index (χ0) is 21.6. The summed E-state index contributed by atoms with van der Waals surface area (Å²) in [6.45, 7) is -0.473. The molecule has 29 heavy (non-hydrogen) atoms. The first-order valence-corrected chi connectivity index (χ1v) is 7.85. The van der Waals surface area contributed by atoms with E-state index in [-0.39, 0.29) is 17.0 Å². The lowest BCUT2D eigenvalue weighted by Crippen LogP contribution is -2.32. The Balaban J connectivity index is 1.93. The van der Waals surface area contributed by atoms with Crippen LogP contribution in [-0.4, -0.2) is 36.8 Å². The maximum absolute atomic E-state index is 12.1. The molecule has 2 rings (SSSR count). The number of nitrogens with zero attached hydrogens (tertiary/aromatic N) is 1. The Kier molecular flexibility index (Phi) is 6.59. The molecule has 154 valence electrons. The summed E-state index contributed by atoms with van der Waals surface area (Å²) in [5.41, 5.74) is -0.288. The molecule has 9 nitrogen and oxygen atoms in total. The molecule has 0 radical (unpaired) electrons. The monoisotopic (exact) mass is 413 g/mol. The van der Waals surface area contributed by atoms with Crippen molar-refractivity contribution in [2.75, 3.05) is 19.0 Å². The molecule has 2 aromatic rings. The maximum atomic E-state index is 12.1. The average Bonchev–Trinajstić information content (AvgIpc) is 2.66. The van der Waals surface area contributed by atoms with Crippen LogP contribution in [0.15, 0.2) is 42.5 Å². The second-order valence-electron chi connectivity index (χ2n) is 5.45. The fraction of sp³-hybridized carbons (Fsp3) is 0.176. The lowest BCUT2D eigenvalue weighted by Gasteiger charge is -2.10. The highest BCUT2D eigenvalue weighted by Gasteiger charge is 2.31. The fourth-order valence-electron chi connectivity index (χ4n) is 2.18. The first-order chi connectivity index (χ1) is 13.6. The number of nitrogens with one attached hydrogen (secondary N) is 2. The molecular formula is C17H14F3N3O6. The van der Waals surface area contributed by atoms with E-state index in [0.717, 1.165) is 18.2 Å². The number of rotatable bonds is 7. The van der Waals surface area contributed by atoms with Crippen LogP contribution in [0.5, 0.6) is 11.5 Å². The minimum Gasteiger partial charge on any atom is -0.490 e. The number of anilines is 1. The van der Waals surface area contributed by atoms with E-state index in [1.807, 2.05) is 0 Å². The normalized spacial score (nSPS) is 10.8. The van der Waals surface area contributed by atoms with Crippen LogP contribution in [0.2, 0.25) is 0 Å². The number of ether oxygens (including phenoxy) is 2. The van der Waals surface area contributed by atoms with Crippen molar-refractivity contribution < 1.29 is 37.2 Å². The number of amides is 2. The molecular weight excluding hydrogens is 399 g/mol. The Hall–Kier alpha value is -3.83. The summed E-state index contributed by atoms with van der Waals surface area (Å²) >= 11 is 0. The molecule has 0 saturated carbocycles.